The van der Waals surface area contributed by atoms with Crippen molar-refractivity contribution in [2.75, 3.05) is 13.6 Å². The lowest BCUT2D eigenvalue weighted by Gasteiger charge is -2.20. The first-order valence-corrected chi connectivity index (χ1v) is 6.41. The van der Waals surface area contributed by atoms with Crippen LogP contribution in [-0.2, 0) is 11.3 Å². The average molecular weight is 300 g/mol. The van der Waals surface area contributed by atoms with Gasteiger partial charge in [-0.25, -0.2) is 0 Å². The van der Waals surface area contributed by atoms with Crippen LogP contribution in [-0.4, -0.2) is 29.6 Å². The van der Waals surface area contributed by atoms with E-state index in [1.165, 1.54) is 5.56 Å². The van der Waals surface area contributed by atoms with Crippen LogP contribution in [0.3, 0.4) is 0 Å². The molecule has 0 radical (unpaired) electrons. The van der Waals surface area contributed by atoms with Crippen LogP contribution < -0.4 is 0 Å². The molecular formula is C13H18BrNO2. The molecule has 0 aliphatic carbocycles. The number of halogens is 1. The fraction of sp³-hybridized carbons (Fsp3) is 0.462. The van der Waals surface area contributed by atoms with E-state index in [9.17, 15) is 4.79 Å². The average Bonchev–Trinajstić information content (AvgIpc) is 2.14. The van der Waals surface area contributed by atoms with Crippen LogP contribution in [0.15, 0.2) is 28.7 Å². The lowest BCUT2D eigenvalue weighted by molar-refractivity contribution is -0.138. The Bertz CT molecular complexity index is 381. The summed E-state index contributed by atoms with van der Waals surface area (Å²) in [6.45, 7) is 3.59. The number of carboxylic acids is 1. The van der Waals surface area contributed by atoms with Crippen molar-refractivity contribution in [2.24, 2.45) is 5.92 Å². The molecule has 0 aliphatic rings. The van der Waals surface area contributed by atoms with Gasteiger partial charge in [0, 0.05) is 24.0 Å². The predicted octanol–water partition coefficient (Wildman–Crippen LogP) is 2.99. The van der Waals surface area contributed by atoms with E-state index >= 15 is 0 Å². The molecule has 1 aromatic rings. The van der Waals surface area contributed by atoms with Crippen molar-refractivity contribution >= 4 is 21.9 Å². The van der Waals surface area contributed by atoms with E-state index in [-0.39, 0.29) is 12.3 Å². The quantitative estimate of drug-likeness (QED) is 0.878. The largest absolute Gasteiger partial charge is 0.481 e. The van der Waals surface area contributed by atoms with Gasteiger partial charge in [0.25, 0.3) is 0 Å². The van der Waals surface area contributed by atoms with Crippen molar-refractivity contribution in [3.05, 3.63) is 34.3 Å². The molecule has 17 heavy (non-hydrogen) atoms. The number of rotatable bonds is 6. The van der Waals surface area contributed by atoms with E-state index in [2.05, 4.69) is 33.0 Å². The second kappa shape index (κ2) is 6.77. The third-order valence-electron chi connectivity index (χ3n) is 2.49. The van der Waals surface area contributed by atoms with Crippen molar-refractivity contribution < 1.29 is 9.90 Å². The smallest absolute Gasteiger partial charge is 0.303 e. The second-order valence-corrected chi connectivity index (χ2v) is 5.45. The summed E-state index contributed by atoms with van der Waals surface area (Å²) in [7, 11) is 2.01. The summed E-state index contributed by atoms with van der Waals surface area (Å²) in [4.78, 5) is 12.7. The molecule has 94 valence electrons. The predicted molar refractivity (Wildman–Crippen MR) is 71.9 cm³/mol. The number of aliphatic carboxylic acids is 1. The fourth-order valence-corrected chi connectivity index (χ4v) is 2.35. The van der Waals surface area contributed by atoms with Crippen LogP contribution in [0.25, 0.3) is 0 Å². The Morgan fingerprint density at radius 2 is 2.24 bits per heavy atom. The van der Waals surface area contributed by atoms with Gasteiger partial charge in [-0.15, -0.1) is 0 Å². The molecule has 0 aromatic heterocycles. The number of benzene rings is 1. The SMILES string of the molecule is CC(CC(=O)O)CN(C)Cc1cccc(Br)c1. The number of carboxylic acid groups (broad SMARTS) is 1. The van der Waals surface area contributed by atoms with Crippen LogP contribution >= 0.6 is 15.9 Å². The van der Waals surface area contributed by atoms with Gasteiger partial charge in [-0.3, -0.25) is 4.79 Å². The van der Waals surface area contributed by atoms with E-state index in [1.807, 2.05) is 26.1 Å². The van der Waals surface area contributed by atoms with Gasteiger partial charge >= 0.3 is 5.97 Å². The molecule has 0 saturated carbocycles. The Morgan fingerprint density at radius 3 is 2.82 bits per heavy atom. The molecule has 1 atom stereocenters. The zero-order chi connectivity index (χ0) is 12.8. The van der Waals surface area contributed by atoms with E-state index in [4.69, 9.17) is 5.11 Å². The minimum atomic E-state index is -0.728. The van der Waals surface area contributed by atoms with Crippen molar-refractivity contribution in [1.82, 2.24) is 4.90 Å². The van der Waals surface area contributed by atoms with Crippen LogP contribution in [0.1, 0.15) is 18.9 Å². The highest BCUT2D eigenvalue weighted by atomic mass is 79.9. The maximum atomic E-state index is 10.6. The first kappa shape index (κ1) is 14.2. The van der Waals surface area contributed by atoms with E-state index in [1.54, 1.807) is 0 Å². The molecule has 1 rings (SSSR count). The molecule has 0 aliphatic heterocycles. The second-order valence-electron chi connectivity index (χ2n) is 4.53. The molecule has 0 fully saturated rings. The Morgan fingerprint density at radius 1 is 1.53 bits per heavy atom. The Hall–Kier alpha value is -0.870. The summed E-state index contributed by atoms with van der Waals surface area (Å²) < 4.78 is 1.07. The Kier molecular flexibility index (Phi) is 5.65. The summed E-state index contributed by atoms with van der Waals surface area (Å²) in [5, 5.41) is 8.70. The minimum absolute atomic E-state index is 0.171. The molecule has 0 saturated heterocycles. The standard InChI is InChI=1S/C13H18BrNO2/c1-10(6-13(16)17)8-15(2)9-11-4-3-5-12(14)7-11/h3-5,7,10H,6,8-9H2,1-2H3,(H,16,17). The maximum absolute atomic E-state index is 10.6. The first-order valence-electron chi connectivity index (χ1n) is 5.62. The van der Waals surface area contributed by atoms with Gasteiger partial charge in [-0.2, -0.15) is 0 Å². The molecule has 0 bridgehead atoms. The summed E-state index contributed by atoms with van der Waals surface area (Å²) >= 11 is 3.44. The van der Waals surface area contributed by atoms with E-state index < -0.39 is 5.97 Å². The van der Waals surface area contributed by atoms with Gasteiger partial charge in [0.1, 0.15) is 0 Å². The molecule has 1 unspecified atom stereocenters. The number of hydrogen-bond donors (Lipinski definition) is 1. The van der Waals surface area contributed by atoms with Crippen molar-refractivity contribution in [3.63, 3.8) is 0 Å². The van der Waals surface area contributed by atoms with Gasteiger partial charge in [0.15, 0.2) is 0 Å². The lowest BCUT2D eigenvalue weighted by Crippen LogP contribution is -2.25. The van der Waals surface area contributed by atoms with Crippen LogP contribution in [0.4, 0.5) is 0 Å². The van der Waals surface area contributed by atoms with Gasteiger partial charge in [0.05, 0.1) is 0 Å². The molecule has 1 N–H and O–H groups in total. The van der Waals surface area contributed by atoms with Gasteiger partial charge < -0.3 is 10.0 Å². The third-order valence-corrected chi connectivity index (χ3v) is 2.98. The Balaban J connectivity index is 2.44. The van der Waals surface area contributed by atoms with E-state index in [0.717, 1.165) is 17.6 Å². The van der Waals surface area contributed by atoms with Gasteiger partial charge in [-0.1, -0.05) is 35.0 Å². The molecule has 1 aromatic carbocycles. The Labute approximate surface area is 111 Å². The van der Waals surface area contributed by atoms with Crippen LogP contribution in [0.2, 0.25) is 0 Å². The summed E-state index contributed by atoms with van der Waals surface area (Å²) in [6, 6.07) is 8.16. The zero-order valence-corrected chi connectivity index (χ0v) is 11.8. The number of hydrogen-bond acceptors (Lipinski definition) is 2. The zero-order valence-electron chi connectivity index (χ0n) is 10.2. The summed E-state index contributed by atoms with van der Waals surface area (Å²) in [5.74, 6) is -0.557. The fourth-order valence-electron chi connectivity index (χ4n) is 1.91. The minimum Gasteiger partial charge on any atom is -0.481 e. The van der Waals surface area contributed by atoms with Crippen molar-refractivity contribution in [1.29, 1.82) is 0 Å². The number of nitrogens with zero attached hydrogens (tertiary/aromatic N) is 1. The highest BCUT2D eigenvalue weighted by Crippen LogP contribution is 2.14. The van der Waals surface area contributed by atoms with Crippen LogP contribution in [0.5, 0.6) is 0 Å². The topological polar surface area (TPSA) is 40.5 Å². The molecule has 4 heteroatoms. The molecular weight excluding hydrogens is 282 g/mol. The molecule has 3 nitrogen and oxygen atoms in total. The van der Waals surface area contributed by atoms with E-state index in [0.29, 0.717) is 0 Å². The van der Waals surface area contributed by atoms with Crippen molar-refractivity contribution in [3.8, 4) is 0 Å². The highest BCUT2D eigenvalue weighted by molar-refractivity contribution is 9.10. The number of carbonyl (C=O) groups is 1. The monoisotopic (exact) mass is 299 g/mol. The van der Waals surface area contributed by atoms with Crippen molar-refractivity contribution in [2.45, 2.75) is 19.9 Å². The summed E-state index contributed by atoms with van der Waals surface area (Å²) in [6.07, 6.45) is 0.225. The molecule has 0 spiro atoms. The lowest BCUT2D eigenvalue weighted by atomic mass is 10.1. The first-order chi connectivity index (χ1) is 7.97. The van der Waals surface area contributed by atoms with Gasteiger partial charge in [0.2, 0.25) is 0 Å². The van der Waals surface area contributed by atoms with Gasteiger partial charge in [-0.05, 0) is 30.7 Å². The molecule has 0 amide bonds. The maximum Gasteiger partial charge on any atom is 0.303 e. The third kappa shape index (κ3) is 5.84. The molecule has 0 heterocycles. The summed E-state index contributed by atoms with van der Waals surface area (Å²) in [5.41, 5.74) is 1.23. The normalized spacial score (nSPS) is 12.7. The highest BCUT2D eigenvalue weighted by Gasteiger charge is 2.10. The van der Waals surface area contributed by atoms with Crippen LogP contribution in [0, 0.1) is 5.92 Å².